The van der Waals surface area contributed by atoms with Gasteiger partial charge in [0.25, 0.3) is 5.91 Å². The predicted octanol–water partition coefficient (Wildman–Crippen LogP) is 4.11. The summed E-state index contributed by atoms with van der Waals surface area (Å²) >= 11 is 1.21. The zero-order valence-corrected chi connectivity index (χ0v) is 15.8. The van der Waals surface area contributed by atoms with E-state index in [9.17, 15) is 19.8 Å². The number of Topliss-reactive ketones (excluding diaryl/α,β-unsaturated/α-hetero) is 1. The van der Waals surface area contributed by atoms with Crippen molar-refractivity contribution in [2.45, 2.75) is 6.04 Å². The molecule has 1 aliphatic heterocycles. The second kappa shape index (κ2) is 7.26. The number of carbonyl (C=O) groups is 2. The van der Waals surface area contributed by atoms with Crippen LogP contribution in [-0.4, -0.2) is 21.9 Å². The van der Waals surface area contributed by atoms with Gasteiger partial charge >= 0.3 is 0 Å². The molecule has 7 heteroatoms. The summed E-state index contributed by atoms with van der Waals surface area (Å²) in [6.07, 6.45) is 0. The molecule has 6 nitrogen and oxygen atoms in total. The largest absolute Gasteiger partial charge is 0.508 e. The van der Waals surface area contributed by atoms with E-state index in [1.165, 1.54) is 28.4 Å². The van der Waals surface area contributed by atoms with E-state index in [0.717, 1.165) is 0 Å². The summed E-state index contributed by atoms with van der Waals surface area (Å²) in [5.74, 6) is -1.82. The highest BCUT2D eigenvalue weighted by Crippen LogP contribution is 2.42. The molecule has 3 aromatic rings. The second-order valence-electron chi connectivity index (χ2n) is 6.40. The first-order valence-corrected chi connectivity index (χ1v) is 9.53. The number of carbonyl (C=O) groups excluding carboxylic acids is 2. The number of thiophene rings is 1. The molecule has 1 atom stereocenters. The summed E-state index contributed by atoms with van der Waals surface area (Å²) in [4.78, 5) is 27.8. The molecule has 0 radical (unpaired) electrons. The third-order valence-electron chi connectivity index (χ3n) is 4.66. The van der Waals surface area contributed by atoms with Crippen LogP contribution in [0.5, 0.6) is 5.75 Å². The fourth-order valence-electron chi connectivity index (χ4n) is 3.35. The maximum absolute atomic E-state index is 13.1. The van der Waals surface area contributed by atoms with Crippen LogP contribution in [0.4, 0.5) is 5.69 Å². The Kier molecular flexibility index (Phi) is 4.63. The first kappa shape index (κ1) is 18.5. The normalized spacial score (nSPS) is 16.2. The average Bonchev–Trinajstić information content (AvgIpc) is 3.35. The molecule has 0 saturated heterocycles. The van der Waals surface area contributed by atoms with E-state index in [1.807, 2.05) is 6.07 Å². The Hall–Kier alpha value is -3.89. The Labute approximate surface area is 170 Å². The van der Waals surface area contributed by atoms with E-state index < -0.39 is 23.5 Å². The van der Waals surface area contributed by atoms with Crippen molar-refractivity contribution in [3.63, 3.8) is 0 Å². The zero-order valence-electron chi connectivity index (χ0n) is 14.9. The molecule has 2 N–H and O–H groups in total. The molecule has 0 saturated carbocycles. The van der Waals surface area contributed by atoms with Crippen LogP contribution >= 0.6 is 11.3 Å². The number of ketones is 1. The van der Waals surface area contributed by atoms with Crippen molar-refractivity contribution in [3.05, 3.63) is 93.4 Å². The molecule has 0 spiro atoms. The van der Waals surface area contributed by atoms with Crippen LogP contribution in [0.2, 0.25) is 0 Å². The molecule has 1 aliphatic rings. The number of benzene rings is 2. The van der Waals surface area contributed by atoms with Crippen LogP contribution in [0.25, 0.3) is 0 Å². The van der Waals surface area contributed by atoms with Crippen LogP contribution in [0, 0.1) is 11.3 Å². The van der Waals surface area contributed by atoms with Crippen molar-refractivity contribution >= 4 is 28.7 Å². The summed E-state index contributed by atoms with van der Waals surface area (Å²) in [6, 6.07) is 16.9. The molecule has 0 fully saturated rings. The number of aliphatic hydroxyl groups excluding tert-OH is 1. The fourth-order valence-corrected chi connectivity index (χ4v) is 4.03. The third kappa shape index (κ3) is 3.16. The van der Waals surface area contributed by atoms with E-state index >= 15 is 0 Å². The molecular weight excluding hydrogens is 388 g/mol. The van der Waals surface area contributed by atoms with Gasteiger partial charge < -0.3 is 10.2 Å². The van der Waals surface area contributed by atoms with E-state index in [4.69, 9.17) is 5.26 Å². The highest BCUT2D eigenvalue weighted by Gasteiger charge is 2.44. The molecule has 1 aromatic heterocycles. The SMILES string of the molecule is N#Cc1ccc(N2C(=O)C(O)=C(C(=O)c3cccs3)C2c2cccc(O)c2)cc1. The minimum atomic E-state index is -0.919. The Morgan fingerprint density at radius 3 is 2.45 bits per heavy atom. The third-order valence-corrected chi connectivity index (χ3v) is 5.53. The molecule has 2 heterocycles. The van der Waals surface area contributed by atoms with Gasteiger partial charge in [0.15, 0.2) is 5.76 Å². The van der Waals surface area contributed by atoms with E-state index in [-0.39, 0.29) is 11.3 Å². The standard InChI is InChI=1S/C22H14N2O4S/c23-12-13-6-8-15(9-7-13)24-19(14-3-1-4-16(25)11-14)18(21(27)22(24)28)20(26)17-5-2-10-29-17/h1-11,19,25,27H. The van der Waals surface area contributed by atoms with Crippen LogP contribution in [0.3, 0.4) is 0 Å². The van der Waals surface area contributed by atoms with Gasteiger partial charge in [0.05, 0.1) is 28.1 Å². The number of anilines is 1. The zero-order chi connectivity index (χ0) is 20.5. The topological polar surface area (TPSA) is 102 Å². The van der Waals surface area contributed by atoms with Gasteiger partial charge in [-0.05, 0) is 53.4 Å². The number of amides is 1. The number of phenolic OH excluding ortho intramolecular Hbond substituents is 1. The van der Waals surface area contributed by atoms with Crippen molar-refractivity contribution in [1.82, 2.24) is 0 Å². The Morgan fingerprint density at radius 2 is 1.83 bits per heavy atom. The Bertz CT molecular complexity index is 1170. The summed E-state index contributed by atoms with van der Waals surface area (Å²) in [6.45, 7) is 0. The number of hydrogen-bond acceptors (Lipinski definition) is 6. The molecule has 1 amide bonds. The van der Waals surface area contributed by atoms with Gasteiger partial charge in [0.2, 0.25) is 5.78 Å². The number of hydrogen-bond donors (Lipinski definition) is 2. The van der Waals surface area contributed by atoms with Gasteiger partial charge in [0.1, 0.15) is 5.75 Å². The predicted molar refractivity (Wildman–Crippen MR) is 108 cm³/mol. The van der Waals surface area contributed by atoms with Crippen molar-refractivity contribution < 1.29 is 19.8 Å². The van der Waals surface area contributed by atoms with Gasteiger partial charge in [-0.25, -0.2) is 0 Å². The van der Waals surface area contributed by atoms with Crippen LogP contribution < -0.4 is 4.90 Å². The highest BCUT2D eigenvalue weighted by molar-refractivity contribution is 7.12. The lowest BCUT2D eigenvalue weighted by Gasteiger charge is -2.27. The monoisotopic (exact) mass is 402 g/mol. The fraction of sp³-hybridized carbons (Fsp3) is 0.0455. The van der Waals surface area contributed by atoms with Gasteiger partial charge in [-0.1, -0.05) is 18.2 Å². The van der Waals surface area contributed by atoms with Gasteiger partial charge in [-0.15, -0.1) is 11.3 Å². The van der Waals surface area contributed by atoms with Gasteiger partial charge in [-0.2, -0.15) is 5.26 Å². The van der Waals surface area contributed by atoms with E-state index in [2.05, 4.69) is 0 Å². The maximum atomic E-state index is 13.1. The van der Waals surface area contributed by atoms with Crippen molar-refractivity contribution in [3.8, 4) is 11.8 Å². The minimum Gasteiger partial charge on any atom is -0.508 e. The van der Waals surface area contributed by atoms with Crippen molar-refractivity contribution in [2.24, 2.45) is 0 Å². The first-order chi connectivity index (χ1) is 14.0. The smallest absolute Gasteiger partial charge is 0.294 e. The number of nitrogens with zero attached hydrogens (tertiary/aromatic N) is 2. The molecule has 2 aromatic carbocycles. The number of phenols is 1. The van der Waals surface area contributed by atoms with Gasteiger partial charge in [-0.3, -0.25) is 14.5 Å². The number of rotatable bonds is 4. The molecule has 142 valence electrons. The molecule has 1 unspecified atom stereocenters. The number of aliphatic hydroxyl groups is 1. The number of nitriles is 1. The summed E-state index contributed by atoms with van der Waals surface area (Å²) in [7, 11) is 0. The minimum absolute atomic E-state index is 0.0240. The van der Waals surface area contributed by atoms with E-state index in [0.29, 0.717) is 21.7 Å². The maximum Gasteiger partial charge on any atom is 0.294 e. The van der Waals surface area contributed by atoms with Crippen molar-refractivity contribution in [2.75, 3.05) is 4.90 Å². The Morgan fingerprint density at radius 1 is 1.07 bits per heavy atom. The van der Waals surface area contributed by atoms with Crippen LogP contribution in [-0.2, 0) is 4.79 Å². The van der Waals surface area contributed by atoms with Crippen LogP contribution in [0.15, 0.2) is 77.4 Å². The molecule has 29 heavy (non-hydrogen) atoms. The highest BCUT2D eigenvalue weighted by atomic mass is 32.1. The van der Waals surface area contributed by atoms with Crippen molar-refractivity contribution in [1.29, 1.82) is 5.26 Å². The summed E-state index contributed by atoms with van der Waals surface area (Å²) in [5, 5.41) is 31.3. The Balaban J connectivity index is 1.88. The second-order valence-corrected chi connectivity index (χ2v) is 7.35. The molecule has 0 bridgehead atoms. The first-order valence-electron chi connectivity index (χ1n) is 8.65. The molecule has 4 rings (SSSR count). The quantitative estimate of drug-likeness (QED) is 0.640. The lowest BCUT2D eigenvalue weighted by molar-refractivity contribution is -0.117. The number of aromatic hydroxyl groups is 1. The van der Waals surface area contributed by atoms with Crippen LogP contribution in [0.1, 0.15) is 26.8 Å². The van der Waals surface area contributed by atoms with Gasteiger partial charge in [0, 0.05) is 5.69 Å². The summed E-state index contributed by atoms with van der Waals surface area (Å²) < 4.78 is 0. The molecule has 0 aliphatic carbocycles. The lowest BCUT2D eigenvalue weighted by atomic mass is 9.95. The molecular formula is C22H14N2O4S. The lowest BCUT2D eigenvalue weighted by Crippen LogP contribution is -2.31. The summed E-state index contributed by atoms with van der Waals surface area (Å²) in [5.41, 5.74) is 1.27. The van der Waals surface area contributed by atoms with E-state index in [1.54, 1.807) is 53.9 Å². The average molecular weight is 402 g/mol.